The molecule has 3 aliphatic heterocycles. The molecule has 0 radical (unpaired) electrons. The highest BCUT2D eigenvalue weighted by Gasteiger charge is 2.66. The topological polar surface area (TPSA) is 42.5 Å². The summed E-state index contributed by atoms with van der Waals surface area (Å²) in [7, 11) is 0. The zero-order valence-corrected chi connectivity index (χ0v) is 12.2. The molecule has 3 heterocycles. The molecule has 2 fully saturated rings. The van der Waals surface area contributed by atoms with Crippen LogP contribution in [0.25, 0.3) is 0 Å². The van der Waals surface area contributed by atoms with Gasteiger partial charge in [0.25, 0.3) is 0 Å². The molecule has 0 aliphatic carbocycles. The van der Waals surface area contributed by atoms with Gasteiger partial charge in [-0.05, 0) is 18.2 Å². The summed E-state index contributed by atoms with van der Waals surface area (Å²) in [5.41, 5.74) is 3.32. The number of nitrogens with one attached hydrogen (secondary N) is 2. The Morgan fingerprint density at radius 1 is 0.955 bits per heavy atom. The van der Waals surface area contributed by atoms with Crippen LogP contribution in [0.2, 0.25) is 0 Å². The molecule has 0 saturated carbocycles. The molecule has 0 bridgehead atoms. The predicted octanol–water partition coefficient (Wildman–Crippen LogP) is 2.59. The first-order valence-corrected chi connectivity index (χ1v) is 7.73. The van der Waals surface area contributed by atoms with E-state index in [9.17, 15) is 0 Å². The maximum Gasteiger partial charge on any atom is 0.117 e. The van der Waals surface area contributed by atoms with Crippen molar-refractivity contribution in [3.05, 3.63) is 60.2 Å². The van der Waals surface area contributed by atoms with E-state index in [1.165, 1.54) is 11.3 Å². The van der Waals surface area contributed by atoms with E-state index in [1.54, 1.807) is 0 Å². The van der Waals surface area contributed by atoms with Gasteiger partial charge in [-0.1, -0.05) is 36.4 Å². The van der Waals surface area contributed by atoms with E-state index in [0.29, 0.717) is 19.8 Å². The number of anilines is 2. The number of para-hydroxylation sites is 2. The summed E-state index contributed by atoms with van der Waals surface area (Å²) in [6.45, 7) is 2.08. The van der Waals surface area contributed by atoms with E-state index in [-0.39, 0.29) is 17.2 Å². The standard InChI is InChI=1S/C18H18N2O2/c1-2-6-13(7-3-1)19-18-12-22-16(18)17(10-21-11-17)20-15-9-5-4-8-14(15)18/h1-9,16,19-20H,10-12H2. The van der Waals surface area contributed by atoms with E-state index < -0.39 is 0 Å². The van der Waals surface area contributed by atoms with Crippen LogP contribution in [0.3, 0.4) is 0 Å². The van der Waals surface area contributed by atoms with Crippen LogP contribution in [-0.2, 0) is 15.0 Å². The van der Waals surface area contributed by atoms with Crippen LogP contribution in [0.15, 0.2) is 54.6 Å². The van der Waals surface area contributed by atoms with E-state index in [0.717, 1.165) is 5.69 Å². The molecule has 112 valence electrons. The molecule has 1 spiro atoms. The zero-order chi connectivity index (χ0) is 14.6. The smallest absolute Gasteiger partial charge is 0.117 e. The Labute approximate surface area is 129 Å². The van der Waals surface area contributed by atoms with Gasteiger partial charge in [0, 0.05) is 16.9 Å². The molecule has 2 unspecified atom stereocenters. The van der Waals surface area contributed by atoms with Crippen molar-refractivity contribution >= 4 is 11.4 Å². The lowest BCUT2D eigenvalue weighted by Gasteiger charge is -2.64. The first-order chi connectivity index (χ1) is 10.8. The molecule has 2 atom stereocenters. The van der Waals surface area contributed by atoms with Crippen LogP contribution in [0.5, 0.6) is 0 Å². The van der Waals surface area contributed by atoms with Crippen LogP contribution in [-0.4, -0.2) is 31.5 Å². The van der Waals surface area contributed by atoms with E-state index in [1.807, 2.05) is 6.07 Å². The Morgan fingerprint density at radius 3 is 2.41 bits per heavy atom. The average Bonchev–Trinajstić information content (AvgIpc) is 2.50. The van der Waals surface area contributed by atoms with Gasteiger partial charge in [-0.25, -0.2) is 0 Å². The molecular weight excluding hydrogens is 276 g/mol. The van der Waals surface area contributed by atoms with E-state index in [2.05, 4.69) is 59.2 Å². The van der Waals surface area contributed by atoms with Crippen molar-refractivity contribution in [2.24, 2.45) is 0 Å². The molecular formula is C18H18N2O2. The van der Waals surface area contributed by atoms with Gasteiger partial charge < -0.3 is 20.1 Å². The predicted molar refractivity (Wildman–Crippen MR) is 85.1 cm³/mol. The van der Waals surface area contributed by atoms with Gasteiger partial charge in [-0.2, -0.15) is 0 Å². The number of hydrogen-bond donors (Lipinski definition) is 2. The second kappa shape index (κ2) is 4.24. The Hall–Kier alpha value is -2.04. The molecule has 4 nitrogen and oxygen atoms in total. The minimum Gasteiger partial charge on any atom is -0.376 e. The highest BCUT2D eigenvalue weighted by Crippen LogP contribution is 2.53. The summed E-state index contributed by atoms with van der Waals surface area (Å²) in [6.07, 6.45) is 0.0869. The normalized spacial score (nSPS) is 30.3. The third-order valence-corrected chi connectivity index (χ3v) is 5.08. The number of benzene rings is 2. The Balaban J connectivity index is 1.63. The summed E-state index contributed by atoms with van der Waals surface area (Å²) >= 11 is 0. The molecule has 5 rings (SSSR count). The maximum absolute atomic E-state index is 6.02. The summed E-state index contributed by atoms with van der Waals surface area (Å²) in [4.78, 5) is 0. The Kier molecular flexibility index (Phi) is 2.41. The molecule has 2 aromatic rings. The van der Waals surface area contributed by atoms with Crippen LogP contribution in [0.1, 0.15) is 5.56 Å². The quantitative estimate of drug-likeness (QED) is 0.893. The van der Waals surface area contributed by atoms with Crippen molar-refractivity contribution in [1.29, 1.82) is 0 Å². The van der Waals surface area contributed by atoms with Gasteiger partial charge in [0.1, 0.15) is 17.2 Å². The number of ether oxygens (including phenoxy) is 2. The second-order valence-electron chi connectivity index (χ2n) is 6.47. The number of fused-ring (bicyclic) bond motifs is 4. The van der Waals surface area contributed by atoms with Gasteiger partial charge in [0.2, 0.25) is 0 Å². The van der Waals surface area contributed by atoms with Gasteiger partial charge in [-0.15, -0.1) is 0 Å². The summed E-state index contributed by atoms with van der Waals surface area (Å²) < 4.78 is 11.5. The van der Waals surface area contributed by atoms with Crippen molar-refractivity contribution in [2.75, 3.05) is 30.5 Å². The van der Waals surface area contributed by atoms with Crippen LogP contribution >= 0.6 is 0 Å². The number of rotatable bonds is 2. The molecule has 4 heteroatoms. The minimum atomic E-state index is -0.174. The minimum absolute atomic E-state index is 0.0869. The van der Waals surface area contributed by atoms with Crippen LogP contribution < -0.4 is 10.6 Å². The van der Waals surface area contributed by atoms with Gasteiger partial charge in [-0.3, -0.25) is 0 Å². The van der Waals surface area contributed by atoms with Crippen LogP contribution in [0.4, 0.5) is 11.4 Å². The molecule has 0 amide bonds. The molecule has 22 heavy (non-hydrogen) atoms. The maximum atomic E-state index is 6.02. The molecule has 3 aliphatic rings. The van der Waals surface area contributed by atoms with Crippen molar-refractivity contribution in [3.63, 3.8) is 0 Å². The molecule has 2 N–H and O–H groups in total. The lowest BCUT2D eigenvalue weighted by molar-refractivity contribution is -0.217. The summed E-state index contributed by atoms with van der Waals surface area (Å²) in [5.74, 6) is 0. The Morgan fingerprint density at radius 2 is 1.73 bits per heavy atom. The van der Waals surface area contributed by atoms with Gasteiger partial charge in [0.15, 0.2) is 0 Å². The first kappa shape index (κ1) is 12.5. The number of hydrogen-bond acceptors (Lipinski definition) is 4. The Bertz CT molecular complexity index is 714. The van der Waals surface area contributed by atoms with Gasteiger partial charge >= 0.3 is 0 Å². The highest BCUT2D eigenvalue weighted by atomic mass is 16.5. The average molecular weight is 294 g/mol. The summed E-state index contributed by atoms with van der Waals surface area (Å²) in [6, 6.07) is 18.9. The van der Waals surface area contributed by atoms with Crippen molar-refractivity contribution in [1.82, 2.24) is 0 Å². The molecule has 0 aromatic heterocycles. The zero-order valence-electron chi connectivity index (χ0n) is 12.2. The van der Waals surface area contributed by atoms with Gasteiger partial charge in [0.05, 0.1) is 19.8 Å². The third kappa shape index (κ3) is 1.49. The van der Waals surface area contributed by atoms with Crippen LogP contribution in [0, 0.1) is 0 Å². The molecule has 2 saturated heterocycles. The molecule has 2 aromatic carbocycles. The monoisotopic (exact) mass is 294 g/mol. The third-order valence-electron chi connectivity index (χ3n) is 5.08. The first-order valence-electron chi connectivity index (χ1n) is 7.73. The second-order valence-corrected chi connectivity index (χ2v) is 6.47. The summed E-state index contributed by atoms with van der Waals surface area (Å²) in [5, 5.41) is 7.41. The fraction of sp³-hybridized carbons (Fsp3) is 0.333. The fourth-order valence-electron chi connectivity index (χ4n) is 3.99. The van der Waals surface area contributed by atoms with Crippen molar-refractivity contribution < 1.29 is 9.47 Å². The van der Waals surface area contributed by atoms with Crippen molar-refractivity contribution in [2.45, 2.75) is 17.2 Å². The van der Waals surface area contributed by atoms with E-state index in [4.69, 9.17) is 9.47 Å². The lowest BCUT2D eigenvalue weighted by Crippen LogP contribution is -2.79. The largest absolute Gasteiger partial charge is 0.376 e. The highest BCUT2D eigenvalue weighted by molar-refractivity contribution is 5.66. The SMILES string of the molecule is c1ccc(NC23COC2C2(COC2)Nc2ccccc23)cc1. The van der Waals surface area contributed by atoms with Crippen molar-refractivity contribution in [3.8, 4) is 0 Å². The lowest BCUT2D eigenvalue weighted by atomic mass is 9.66. The fourth-order valence-corrected chi connectivity index (χ4v) is 3.99. The van der Waals surface area contributed by atoms with E-state index >= 15 is 0 Å².